The average molecular weight is 188 g/mol. The summed E-state index contributed by atoms with van der Waals surface area (Å²) in [5.74, 6) is 0. The summed E-state index contributed by atoms with van der Waals surface area (Å²) in [4.78, 5) is 0. The van der Waals surface area contributed by atoms with Gasteiger partial charge >= 0.3 is 0 Å². The number of anilines is 2. The van der Waals surface area contributed by atoms with Crippen molar-refractivity contribution in [2.45, 2.75) is 19.9 Å². The van der Waals surface area contributed by atoms with Gasteiger partial charge in [0.15, 0.2) is 0 Å². The van der Waals surface area contributed by atoms with E-state index >= 15 is 0 Å². The van der Waals surface area contributed by atoms with Crippen LogP contribution >= 0.6 is 0 Å². The van der Waals surface area contributed by atoms with E-state index in [1.807, 2.05) is 6.08 Å². The largest absolute Gasteiger partial charge is 0.381 e. The van der Waals surface area contributed by atoms with Crippen LogP contribution in [0.4, 0.5) is 11.4 Å². The predicted octanol–water partition coefficient (Wildman–Crippen LogP) is 2.70. The maximum absolute atomic E-state index is 3.79. The van der Waals surface area contributed by atoms with Crippen molar-refractivity contribution < 1.29 is 0 Å². The molecule has 0 aliphatic carbocycles. The highest BCUT2D eigenvalue weighted by atomic mass is 15.1. The second-order valence-corrected chi connectivity index (χ2v) is 3.85. The second-order valence-electron chi connectivity index (χ2n) is 3.85. The molecule has 2 heteroatoms. The first-order chi connectivity index (χ1) is 6.70. The average Bonchev–Trinajstić information content (AvgIpc) is 2.19. The fraction of sp³-hybridized carbons (Fsp3) is 0.333. The molecule has 0 saturated carbocycles. The summed E-state index contributed by atoms with van der Waals surface area (Å²) in [7, 11) is 0. The lowest BCUT2D eigenvalue weighted by atomic mass is 10.0. The minimum absolute atomic E-state index is 0.338. The first-order valence-electron chi connectivity index (χ1n) is 4.95. The van der Waals surface area contributed by atoms with Crippen molar-refractivity contribution in [3.63, 3.8) is 0 Å². The van der Waals surface area contributed by atoms with Gasteiger partial charge in [-0.1, -0.05) is 6.08 Å². The summed E-state index contributed by atoms with van der Waals surface area (Å²) < 4.78 is 0. The van der Waals surface area contributed by atoms with Gasteiger partial charge in [0.1, 0.15) is 0 Å². The Labute approximate surface area is 85.0 Å². The van der Waals surface area contributed by atoms with E-state index in [1.165, 1.54) is 22.5 Å². The van der Waals surface area contributed by atoms with Gasteiger partial charge in [-0.2, -0.15) is 0 Å². The van der Waals surface area contributed by atoms with E-state index < -0.39 is 0 Å². The van der Waals surface area contributed by atoms with Gasteiger partial charge in [0.05, 0.1) is 17.4 Å². The van der Waals surface area contributed by atoms with Gasteiger partial charge < -0.3 is 10.6 Å². The second kappa shape index (κ2) is 3.37. The molecule has 2 nitrogen and oxygen atoms in total. The van der Waals surface area contributed by atoms with E-state index in [4.69, 9.17) is 0 Å². The Balaban J connectivity index is 2.38. The van der Waals surface area contributed by atoms with Crippen molar-refractivity contribution in [3.8, 4) is 0 Å². The number of hydrogen-bond donors (Lipinski definition) is 2. The van der Waals surface area contributed by atoms with Gasteiger partial charge in [0.2, 0.25) is 0 Å². The molecular weight excluding hydrogens is 172 g/mol. The van der Waals surface area contributed by atoms with Crippen LogP contribution in [0.3, 0.4) is 0 Å². The standard InChI is InChI=1S/C12H16N2/c1-4-10-7-13-11-5-8(2)9(3)6-12(11)14-10/h4-6,10,13-14H,1,7H2,2-3H3/t10-/m0/s1. The summed E-state index contributed by atoms with van der Waals surface area (Å²) in [5.41, 5.74) is 5.04. The first kappa shape index (κ1) is 9.13. The van der Waals surface area contributed by atoms with Crippen LogP contribution in [0.2, 0.25) is 0 Å². The normalized spacial score (nSPS) is 19.1. The lowest BCUT2D eigenvalue weighted by Crippen LogP contribution is -2.31. The maximum atomic E-state index is 3.79. The van der Waals surface area contributed by atoms with Crippen molar-refractivity contribution in [2.75, 3.05) is 17.2 Å². The Hall–Kier alpha value is -1.44. The quantitative estimate of drug-likeness (QED) is 0.662. The molecule has 74 valence electrons. The highest BCUT2D eigenvalue weighted by Crippen LogP contribution is 2.29. The Bertz CT molecular complexity index is 369. The highest BCUT2D eigenvalue weighted by molar-refractivity contribution is 5.73. The Morgan fingerprint density at radius 3 is 2.57 bits per heavy atom. The monoisotopic (exact) mass is 188 g/mol. The van der Waals surface area contributed by atoms with Gasteiger partial charge in [-0.05, 0) is 37.1 Å². The molecule has 0 amide bonds. The van der Waals surface area contributed by atoms with E-state index in [1.54, 1.807) is 0 Å². The summed E-state index contributed by atoms with van der Waals surface area (Å²) in [5, 5.41) is 6.83. The van der Waals surface area contributed by atoms with Gasteiger partial charge in [-0.15, -0.1) is 6.58 Å². The summed E-state index contributed by atoms with van der Waals surface area (Å²) in [6.07, 6.45) is 1.94. The zero-order chi connectivity index (χ0) is 10.1. The summed E-state index contributed by atoms with van der Waals surface area (Å²) in [6, 6.07) is 4.72. The minimum atomic E-state index is 0.338. The zero-order valence-corrected chi connectivity index (χ0v) is 8.72. The molecule has 0 saturated heterocycles. The van der Waals surface area contributed by atoms with Gasteiger partial charge in [-0.25, -0.2) is 0 Å². The van der Waals surface area contributed by atoms with Crippen LogP contribution in [0.1, 0.15) is 11.1 Å². The van der Waals surface area contributed by atoms with Crippen LogP contribution in [0, 0.1) is 13.8 Å². The molecule has 1 aliphatic heterocycles. The minimum Gasteiger partial charge on any atom is -0.381 e. The Morgan fingerprint density at radius 2 is 1.93 bits per heavy atom. The number of fused-ring (bicyclic) bond motifs is 1. The van der Waals surface area contributed by atoms with Crippen LogP contribution in [0.25, 0.3) is 0 Å². The topological polar surface area (TPSA) is 24.1 Å². The molecule has 14 heavy (non-hydrogen) atoms. The number of aryl methyl sites for hydroxylation is 2. The molecule has 1 aromatic rings. The molecule has 1 atom stereocenters. The molecule has 2 N–H and O–H groups in total. The lowest BCUT2D eigenvalue weighted by molar-refractivity contribution is 0.893. The SMILES string of the molecule is C=C[C@H]1CNc2cc(C)c(C)cc2N1. The molecule has 2 rings (SSSR count). The Kier molecular flexibility index (Phi) is 2.20. The summed E-state index contributed by atoms with van der Waals surface area (Å²) >= 11 is 0. The Morgan fingerprint density at radius 1 is 1.29 bits per heavy atom. The fourth-order valence-electron chi connectivity index (χ4n) is 1.69. The molecule has 0 fully saturated rings. The fourth-order valence-corrected chi connectivity index (χ4v) is 1.69. The van der Waals surface area contributed by atoms with E-state index in [0.29, 0.717) is 6.04 Å². The lowest BCUT2D eigenvalue weighted by Gasteiger charge is -2.27. The molecule has 0 unspecified atom stereocenters. The number of nitrogens with one attached hydrogen (secondary N) is 2. The van der Waals surface area contributed by atoms with Crippen LogP contribution in [-0.4, -0.2) is 12.6 Å². The number of hydrogen-bond acceptors (Lipinski definition) is 2. The van der Waals surface area contributed by atoms with Gasteiger partial charge in [0.25, 0.3) is 0 Å². The third-order valence-electron chi connectivity index (χ3n) is 2.77. The number of rotatable bonds is 1. The molecular formula is C12H16N2. The van der Waals surface area contributed by atoms with Crippen molar-refractivity contribution in [2.24, 2.45) is 0 Å². The van der Waals surface area contributed by atoms with Crippen molar-refractivity contribution in [3.05, 3.63) is 35.9 Å². The van der Waals surface area contributed by atoms with Crippen LogP contribution in [-0.2, 0) is 0 Å². The molecule has 0 radical (unpaired) electrons. The van der Waals surface area contributed by atoms with Gasteiger partial charge in [0, 0.05) is 6.54 Å². The first-order valence-corrected chi connectivity index (χ1v) is 4.95. The van der Waals surface area contributed by atoms with Crippen LogP contribution in [0.5, 0.6) is 0 Å². The van der Waals surface area contributed by atoms with Crippen molar-refractivity contribution in [1.29, 1.82) is 0 Å². The maximum Gasteiger partial charge on any atom is 0.0615 e. The highest BCUT2D eigenvalue weighted by Gasteiger charge is 2.14. The zero-order valence-electron chi connectivity index (χ0n) is 8.72. The molecule has 1 heterocycles. The molecule has 0 aromatic heterocycles. The van der Waals surface area contributed by atoms with Crippen LogP contribution in [0.15, 0.2) is 24.8 Å². The molecule has 1 aliphatic rings. The van der Waals surface area contributed by atoms with Crippen molar-refractivity contribution >= 4 is 11.4 Å². The third kappa shape index (κ3) is 1.48. The van der Waals surface area contributed by atoms with Crippen molar-refractivity contribution in [1.82, 2.24) is 0 Å². The van der Waals surface area contributed by atoms with Crippen LogP contribution < -0.4 is 10.6 Å². The predicted molar refractivity (Wildman–Crippen MR) is 62.0 cm³/mol. The smallest absolute Gasteiger partial charge is 0.0615 e. The van der Waals surface area contributed by atoms with E-state index in [0.717, 1.165) is 6.54 Å². The summed E-state index contributed by atoms with van der Waals surface area (Å²) in [6.45, 7) is 8.98. The van der Waals surface area contributed by atoms with E-state index in [9.17, 15) is 0 Å². The van der Waals surface area contributed by atoms with E-state index in [-0.39, 0.29) is 0 Å². The van der Waals surface area contributed by atoms with E-state index in [2.05, 4.69) is 43.2 Å². The van der Waals surface area contributed by atoms with Gasteiger partial charge in [-0.3, -0.25) is 0 Å². The molecule has 0 spiro atoms. The number of benzene rings is 1. The molecule has 0 bridgehead atoms. The molecule has 1 aromatic carbocycles. The third-order valence-corrected chi connectivity index (χ3v) is 2.77.